The van der Waals surface area contributed by atoms with Crippen LogP contribution in [-0.2, 0) is 5.88 Å². The number of ether oxygens (including phenoxy) is 1. The van der Waals surface area contributed by atoms with Gasteiger partial charge in [-0.25, -0.2) is 9.37 Å². The van der Waals surface area contributed by atoms with Crippen molar-refractivity contribution < 1.29 is 9.13 Å². The highest BCUT2D eigenvalue weighted by Gasteiger charge is 2.10. The molecule has 5 heteroatoms. The van der Waals surface area contributed by atoms with Crippen molar-refractivity contribution in [3.05, 3.63) is 51.5 Å². The maximum atomic E-state index is 13.8. The van der Waals surface area contributed by atoms with Crippen LogP contribution < -0.4 is 4.74 Å². The highest BCUT2D eigenvalue weighted by Crippen LogP contribution is 2.25. The molecule has 0 aliphatic rings. The molecule has 0 bridgehead atoms. The second-order valence-corrected chi connectivity index (χ2v) is 4.79. The molecular formula is C12H8ClFINO. The van der Waals surface area contributed by atoms with Crippen LogP contribution in [0.15, 0.2) is 36.5 Å². The van der Waals surface area contributed by atoms with Crippen molar-refractivity contribution in [2.75, 3.05) is 0 Å². The van der Waals surface area contributed by atoms with E-state index in [2.05, 4.69) is 27.6 Å². The van der Waals surface area contributed by atoms with Gasteiger partial charge in [0.25, 0.3) is 5.88 Å². The summed E-state index contributed by atoms with van der Waals surface area (Å²) in [5, 5.41) is 0. The van der Waals surface area contributed by atoms with Gasteiger partial charge in [0, 0.05) is 15.3 Å². The number of rotatable bonds is 3. The Labute approximate surface area is 117 Å². The summed E-state index contributed by atoms with van der Waals surface area (Å²) in [5.74, 6) is 0.0752. The van der Waals surface area contributed by atoms with E-state index >= 15 is 0 Å². The molecule has 0 aliphatic carbocycles. The van der Waals surface area contributed by atoms with E-state index in [1.165, 1.54) is 12.3 Å². The van der Waals surface area contributed by atoms with E-state index in [9.17, 15) is 4.39 Å². The first-order valence-corrected chi connectivity index (χ1v) is 6.45. The predicted octanol–water partition coefficient (Wildman–Crippen LogP) is 4.36. The Bertz CT molecular complexity index is 518. The molecule has 88 valence electrons. The molecule has 17 heavy (non-hydrogen) atoms. The molecular weight excluding hydrogens is 355 g/mol. The molecule has 1 aromatic heterocycles. The van der Waals surface area contributed by atoms with E-state index in [4.69, 9.17) is 16.3 Å². The largest absolute Gasteiger partial charge is 0.436 e. The summed E-state index contributed by atoms with van der Waals surface area (Å²) >= 11 is 7.79. The van der Waals surface area contributed by atoms with E-state index in [0.29, 0.717) is 11.3 Å². The number of halogens is 3. The van der Waals surface area contributed by atoms with Crippen molar-refractivity contribution >= 4 is 34.2 Å². The van der Waals surface area contributed by atoms with Gasteiger partial charge in [-0.3, -0.25) is 0 Å². The minimum atomic E-state index is -0.513. The quantitative estimate of drug-likeness (QED) is 0.597. The molecule has 0 saturated heterocycles. The minimum Gasteiger partial charge on any atom is -0.436 e. The zero-order valence-corrected chi connectivity index (χ0v) is 11.6. The van der Waals surface area contributed by atoms with Crippen LogP contribution in [0.25, 0.3) is 0 Å². The first-order valence-electron chi connectivity index (χ1n) is 4.83. The Morgan fingerprint density at radius 3 is 2.59 bits per heavy atom. The first kappa shape index (κ1) is 12.6. The van der Waals surface area contributed by atoms with E-state index in [-0.39, 0.29) is 11.8 Å². The fourth-order valence-corrected chi connectivity index (χ4v) is 1.82. The molecule has 2 rings (SSSR count). The molecule has 0 fully saturated rings. The van der Waals surface area contributed by atoms with Crippen LogP contribution in [0, 0.1) is 9.39 Å². The zero-order valence-electron chi connectivity index (χ0n) is 8.66. The number of benzene rings is 1. The molecule has 0 spiro atoms. The second-order valence-electron chi connectivity index (χ2n) is 3.28. The van der Waals surface area contributed by atoms with Crippen molar-refractivity contribution in [1.29, 1.82) is 0 Å². The van der Waals surface area contributed by atoms with Gasteiger partial charge in [0.1, 0.15) is 5.75 Å². The van der Waals surface area contributed by atoms with Crippen LogP contribution in [0.2, 0.25) is 0 Å². The first-order chi connectivity index (χ1) is 8.20. The fraction of sp³-hybridized carbons (Fsp3) is 0.0833. The normalized spacial score (nSPS) is 10.3. The summed E-state index contributed by atoms with van der Waals surface area (Å²) < 4.78 is 20.2. The summed E-state index contributed by atoms with van der Waals surface area (Å²) in [7, 11) is 0. The summed E-state index contributed by atoms with van der Waals surface area (Å²) in [5.41, 5.74) is 0.377. The molecule has 0 unspecified atom stereocenters. The number of aromatic nitrogens is 1. The lowest BCUT2D eigenvalue weighted by Crippen LogP contribution is -1.95. The van der Waals surface area contributed by atoms with E-state index in [0.717, 1.165) is 3.57 Å². The lowest BCUT2D eigenvalue weighted by atomic mass is 10.3. The number of hydrogen-bond donors (Lipinski definition) is 0. The predicted molar refractivity (Wildman–Crippen MR) is 73.0 cm³/mol. The van der Waals surface area contributed by atoms with Gasteiger partial charge in [-0.15, -0.1) is 11.6 Å². The van der Waals surface area contributed by atoms with Gasteiger partial charge in [0.05, 0.1) is 5.88 Å². The Morgan fingerprint density at radius 1 is 1.24 bits per heavy atom. The number of alkyl halides is 1. The molecule has 0 atom stereocenters. The molecule has 0 amide bonds. The smallest absolute Gasteiger partial charge is 0.256 e. The average Bonchev–Trinajstić information content (AvgIpc) is 2.35. The topological polar surface area (TPSA) is 22.1 Å². The van der Waals surface area contributed by atoms with Gasteiger partial charge in [-0.1, -0.05) is 0 Å². The van der Waals surface area contributed by atoms with Crippen LogP contribution in [-0.4, -0.2) is 4.98 Å². The lowest BCUT2D eigenvalue weighted by Gasteiger charge is -2.07. The Kier molecular flexibility index (Phi) is 4.17. The van der Waals surface area contributed by atoms with Gasteiger partial charge in [-0.2, -0.15) is 0 Å². The van der Waals surface area contributed by atoms with E-state index in [1.54, 1.807) is 12.1 Å². The summed E-state index contributed by atoms with van der Waals surface area (Å²) in [6, 6.07) is 8.80. The molecule has 2 aromatic rings. The van der Waals surface area contributed by atoms with E-state index in [1.807, 2.05) is 12.1 Å². The SMILES string of the molecule is Fc1c(CCl)ccnc1Oc1ccc(I)cc1. The zero-order chi connectivity index (χ0) is 12.3. The average molecular weight is 364 g/mol. The highest BCUT2D eigenvalue weighted by molar-refractivity contribution is 14.1. The third-order valence-electron chi connectivity index (χ3n) is 2.11. The molecule has 1 aromatic carbocycles. The lowest BCUT2D eigenvalue weighted by molar-refractivity contribution is 0.420. The molecule has 2 nitrogen and oxygen atoms in total. The van der Waals surface area contributed by atoms with Crippen molar-refractivity contribution in [1.82, 2.24) is 4.98 Å². The van der Waals surface area contributed by atoms with Crippen molar-refractivity contribution in [2.45, 2.75) is 5.88 Å². The standard InChI is InChI=1S/C12H8ClFINO/c13-7-8-5-6-16-12(11(8)14)17-10-3-1-9(15)2-4-10/h1-6H,7H2. The third-order valence-corrected chi connectivity index (χ3v) is 3.12. The molecule has 0 N–H and O–H groups in total. The highest BCUT2D eigenvalue weighted by atomic mass is 127. The van der Waals surface area contributed by atoms with Crippen LogP contribution in [0.1, 0.15) is 5.56 Å². The molecule has 0 radical (unpaired) electrons. The molecule has 0 saturated carbocycles. The second kappa shape index (κ2) is 5.64. The van der Waals surface area contributed by atoms with Crippen LogP contribution >= 0.6 is 34.2 Å². The van der Waals surface area contributed by atoms with Gasteiger partial charge in [0.15, 0.2) is 5.82 Å². The molecule has 0 aliphatic heterocycles. The van der Waals surface area contributed by atoms with Crippen LogP contribution in [0.5, 0.6) is 11.6 Å². The van der Waals surface area contributed by atoms with Gasteiger partial charge in [-0.05, 0) is 52.9 Å². The summed E-state index contributed by atoms with van der Waals surface area (Å²) in [6.07, 6.45) is 1.48. The summed E-state index contributed by atoms with van der Waals surface area (Å²) in [4.78, 5) is 3.85. The maximum absolute atomic E-state index is 13.8. The van der Waals surface area contributed by atoms with Crippen LogP contribution in [0.3, 0.4) is 0 Å². The number of hydrogen-bond acceptors (Lipinski definition) is 2. The minimum absolute atomic E-state index is 0.0515. The fourth-order valence-electron chi connectivity index (χ4n) is 1.25. The van der Waals surface area contributed by atoms with Gasteiger partial charge in [0.2, 0.25) is 0 Å². The number of pyridine rings is 1. The maximum Gasteiger partial charge on any atom is 0.256 e. The van der Waals surface area contributed by atoms with Crippen molar-refractivity contribution in [2.24, 2.45) is 0 Å². The molecule has 1 heterocycles. The third kappa shape index (κ3) is 3.07. The Morgan fingerprint density at radius 2 is 1.94 bits per heavy atom. The van der Waals surface area contributed by atoms with Crippen molar-refractivity contribution in [3.8, 4) is 11.6 Å². The monoisotopic (exact) mass is 363 g/mol. The van der Waals surface area contributed by atoms with E-state index < -0.39 is 5.82 Å². The Hall–Kier alpha value is -0.880. The van der Waals surface area contributed by atoms with Crippen molar-refractivity contribution in [3.63, 3.8) is 0 Å². The van der Waals surface area contributed by atoms with Gasteiger partial charge < -0.3 is 4.74 Å². The van der Waals surface area contributed by atoms with Gasteiger partial charge >= 0.3 is 0 Å². The Balaban J connectivity index is 2.27. The summed E-state index contributed by atoms with van der Waals surface area (Å²) in [6.45, 7) is 0. The number of nitrogens with zero attached hydrogens (tertiary/aromatic N) is 1. The van der Waals surface area contributed by atoms with Crippen LogP contribution in [0.4, 0.5) is 4.39 Å².